The second kappa shape index (κ2) is 5.60. The molecule has 0 fully saturated rings. The Morgan fingerprint density at radius 3 is 2.87 bits per heavy atom. The molecule has 0 saturated heterocycles. The summed E-state index contributed by atoms with van der Waals surface area (Å²) in [7, 11) is 0. The number of pyridine rings is 1. The lowest BCUT2D eigenvalue weighted by Gasteiger charge is -2.02. The number of aromatic nitrogens is 1. The van der Waals surface area contributed by atoms with E-state index in [1.807, 2.05) is 0 Å². The Labute approximate surface area is 95.8 Å². The molecule has 0 bridgehead atoms. The van der Waals surface area contributed by atoms with E-state index in [2.05, 4.69) is 25.7 Å². The van der Waals surface area contributed by atoms with Gasteiger partial charge in [-0.1, -0.05) is 0 Å². The number of ketones is 1. The van der Waals surface area contributed by atoms with Crippen molar-refractivity contribution in [3.05, 3.63) is 28.5 Å². The van der Waals surface area contributed by atoms with Crippen LogP contribution >= 0.6 is 15.9 Å². The Morgan fingerprint density at radius 1 is 1.53 bits per heavy atom. The smallest absolute Gasteiger partial charge is 0.313 e. The molecule has 0 aromatic carbocycles. The van der Waals surface area contributed by atoms with Gasteiger partial charge in [-0.15, -0.1) is 0 Å². The van der Waals surface area contributed by atoms with Gasteiger partial charge in [0, 0.05) is 10.7 Å². The minimum Gasteiger partial charge on any atom is -0.466 e. The Bertz CT molecular complexity index is 379. The molecule has 4 nitrogen and oxygen atoms in total. The van der Waals surface area contributed by atoms with Crippen molar-refractivity contribution >= 4 is 27.7 Å². The van der Waals surface area contributed by atoms with E-state index in [0.717, 1.165) is 0 Å². The Hall–Kier alpha value is -1.23. The fourth-order valence-electron chi connectivity index (χ4n) is 1.02. The molecule has 15 heavy (non-hydrogen) atoms. The summed E-state index contributed by atoms with van der Waals surface area (Å²) in [5.41, 5.74) is 0.255. The van der Waals surface area contributed by atoms with Gasteiger partial charge in [-0.25, -0.2) is 0 Å². The van der Waals surface area contributed by atoms with Crippen LogP contribution in [0.25, 0.3) is 0 Å². The summed E-state index contributed by atoms with van der Waals surface area (Å²) >= 11 is 3.19. The monoisotopic (exact) mass is 271 g/mol. The van der Waals surface area contributed by atoms with Gasteiger partial charge in [-0.3, -0.25) is 14.6 Å². The predicted octanol–water partition coefficient (Wildman–Crippen LogP) is 1.98. The zero-order chi connectivity index (χ0) is 11.3. The van der Waals surface area contributed by atoms with Crippen molar-refractivity contribution < 1.29 is 14.3 Å². The molecule has 1 aromatic rings. The SMILES string of the molecule is CCOC(=O)CC(=O)c1ncccc1Br. The molecule has 80 valence electrons. The number of hydrogen-bond acceptors (Lipinski definition) is 4. The van der Waals surface area contributed by atoms with Crippen LogP contribution in [0.3, 0.4) is 0 Å². The average molecular weight is 272 g/mol. The third-order valence-electron chi connectivity index (χ3n) is 1.63. The van der Waals surface area contributed by atoms with Gasteiger partial charge in [0.05, 0.1) is 6.61 Å². The number of ether oxygens (including phenoxy) is 1. The summed E-state index contributed by atoms with van der Waals surface area (Å²) in [6.45, 7) is 1.97. The second-order valence-corrected chi connectivity index (χ2v) is 3.59. The van der Waals surface area contributed by atoms with E-state index in [0.29, 0.717) is 4.47 Å². The van der Waals surface area contributed by atoms with Gasteiger partial charge in [0.2, 0.25) is 0 Å². The van der Waals surface area contributed by atoms with E-state index < -0.39 is 5.97 Å². The molecule has 0 N–H and O–H groups in total. The van der Waals surface area contributed by atoms with Crippen molar-refractivity contribution in [3.8, 4) is 0 Å². The molecule has 0 aliphatic carbocycles. The maximum Gasteiger partial charge on any atom is 0.313 e. The fraction of sp³-hybridized carbons (Fsp3) is 0.300. The number of hydrogen-bond donors (Lipinski definition) is 0. The van der Waals surface area contributed by atoms with Gasteiger partial charge < -0.3 is 4.74 Å². The van der Waals surface area contributed by atoms with Crippen LogP contribution in [0, 0.1) is 0 Å². The zero-order valence-electron chi connectivity index (χ0n) is 8.20. The quantitative estimate of drug-likeness (QED) is 0.477. The van der Waals surface area contributed by atoms with Crippen molar-refractivity contribution in [2.75, 3.05) is 6.61 Å². The minimum absolute atomic E-state index is 0.255. The van der Waals surface area contributed by atoms with Crippen LogP contribution in [0.15, 0.2) is 22.8 Å². The average Bonchev–Trinajstić information content (AvgIpc) is 2.18. The Balaban J connectivity index is 2.70. The van der Waals surface area contributed by atoms with Crippen molar-refractivity contribution in [3.63, 3.8) is 0 Å². The van der Waals surface area contributed by atoms with Crippen LogP contribution in [0.4, 0.5) is 0 Å². The number of halogens is 1. The highest BCUT2D eigenvalue weighted by Gasteiger charge is 2.15. The summed E-state index contributed by atoms with van der Waals surface area (Å²) in [5, 5.41) is 0. The van der Waals surface area contributed by atoms with Gasteiger partial charge in [0.1, 0.15) is 12.1 Å². The molecule has 0 unspecified atom stereocenters. The highest BCUT2D eigenvalue weighted by atomic mass is 79.9. The van der Waals surface area contributed by atoms with Crippen LogP contribution < -0.4 is 0 Å². The lowest BCUT2D eigenvalue weighted by Crippen LogP contribution is -2.12. The number of Topliss-reactive ketones (excluding diaryl/α,β-unsaturated/α-hetero) is 1. The van der Waals surface area contributed by atoms with E-state index in [1.165, 1.54) is 6.20 Å². The Kier molecular flexibility index (Phi) is 4.42. The lowest BCUT2D eigenvalue weighted by molar-refractivity contribution is -0.141. The molecular formula is C10H10BrNO3. The van der Waals surface area contributed by atoms with E-state index in [9.17, 15) is 9.59 Å². The summed E-state index contributed by atoms with van der Waals surface area (Å²) in [4.78, 5) is 26.5. The topological polar surface area (TPSA) is 56.3 Å². The van der Waals surface area contributed by atoms with E-state index in [1.54, 1.807) is 19.1 Å². The van der Waals surface area contributed by atoms with E-state index in [4.69, 9.17) is 0 Å². The first-order chi connectivity index (χ1) is 7.15. The summed E-state index contributed by atoms with van der Waals surface area (Å²) in [5.74, 6) is -0.874. The normalized spacial score (nSPS) is 9.73. The first kappa shape index (κ1) is 11.8. The highest BCUT2D eigenvalue weighted by Crippen LogP contribution is 2.15. The molecule has 0 amide bonds. The largest absolute Gasteiger partial charge is 0.466 e. The maximum atomic E-state index is 11.6. The Morgan fingerprint density at radius 2 is 2.27 bits per heavy atom. The van der Waals surface area contributed by atoms with Crippen molar-refractivity contribution in [1.82, 2.24) is 4.98 Å². The summed E-state index contributed by atoms with van der Waals surface area (Å²) in [6.07, 6.45) is 1.23. The maximum absolute atomic E-state index is 11.6. The lowest BCUT2D eigenvalue weighted by atomic mass is 10.2. The summed E-state index contributed by atoms with van der Waals surface area (Å²) in [6, 6.07) is 3.40. The van der Waals surface area contributed by atoms with Crippen LogP contribution in [-0.4, -0.2) is 23.3 Å². The highest BCUT2D eigenvalue weighted by molar-refractivity contribution is 9.10. The van der Waals surface area contributed by atoms with Gasteiger partial charge in [0.15, 0.2) is 5.78 Å². The van der Waals surface area contributed by atoms with Crippen LogP contribution in [0.1, 0.15) is 23.8 Å². The molecule has 0 atom stereocenters. The van der Waals surface area contributed by atoms with Gasteiger partial charge in [-0.05, 0) is 35.0 Å². The number of carbonyl (C=O) groups is 2. The van der Waals surface area contributed by atoms with Crippen LogP contribution in [0.2, 0.25) is 0 Å². The molecule has 1 rings (SSSR count). The molecule has 1 heterocycles. The standard InChI is InChI=1S/C10H10BrNO3/c1-2-15-9(14)6-8(13)10-7(11)4-3-5-12-10/h3-5H,2,6H2,1H3. The first-order valence-corrected chi connectivity index (χ1v) is 5.23. The number of esters is 1. The molecule has 0 spiro atoms. The number of carbonyl (C=O) groups excluding carboxylic acids is 2. The molecule has 0 saturated carbocycles. The van der Waals surface area contributed by atoms with Crippen LogP contribution in [0.5, 0.6) is 0 Å². The molecule has 0 radical (unpaired) electrons. The molecule has 0 aliphatic rings. The second-order valence-electron chi connectivity index (χ2n) is 2.74. The van der Waals surface area contributed by atoms with Crippen molar-refractivity contribution in [1.29, 1.82) is 0 Å². The summed E-state index contributed by atoms with van der Waals surface area (Å²) < 4.78 is 5.25. The third-order valence-corrected chi connectivity index (χ3v) is 2.27. The van der Waals surface area contributed by atoms with Crippen molar-refractivity contribution in [2.24, 2.45) is 0 Å². The first-order valence-electron chi connectivity index (χ1n) is 4.44. The van der Waals surface area contributed by atoms with Gasteiger partial charge in [0.25, 0.3) is 0 Å². The number of nitrogens with zero attached hydrogens (tertiary/aromatic N) is 1. The molecule has 5 heteroatoms. The van der Waals surface area contributed by atoms with Crippen LogP contribution in [-0.2, 0) is 9.53 Å². The molecule has 1 aromatic heterocycles. The van der Waals surface area contributed by atoms with E-state index in [-0.39, 0.29) is 24.5 Å². The molecular weight excluding hydrogens is 262 g/mol. The predicted molar refractivity (Wildman–Crippen MR) is 57.5 cm³/mol. The fourth-order valence-corrected chi connectivity index (χ4v) is 1.49. The zero-order valence-corrected chi connectivity index (χ0v) is 9.78. The number of rotatable bonds is 4. The van der Waals surface area contributed by atoms with Gasteiger partial charge in [-0.2, -0.15) is 0 Å². The van der Waals surface area contributed by atoms with E-state index >= 15 is 0 Å². The van der Waals surface area contributed by atoms with Crippen molar-refractivity contribution in [2.45, 2.75) is 13.3 Å². The van der Waals surface area contributed by atoms with Gasteiger partial charge >= 0.3 is 5.97 Å². The molecule has 0 aliphatic heterocycles. The third kappa shape index (κ3) is 3.43. The minimum atomic E-state index is -0.528.